The minimum atomic E-state index is -0.370. The Bertz CT molecular complexity index is 650. The fourth-order valence-corrected chi connectivity index (χ4v) is 2.07. The van der Waals surface area contributed by atoms with Crippen LogP contribution in [0.25, 0.3) is 11.1 Å². The Morgan fingerprint density at radius 2 is 1.81 bits per heavy atom. The van der Waals surface area contributed by atoms with Crippen LogP contribution in [0.3, 0.4) is 0 Å². The number of amides is 1. The zero-order chi connectivity index (χ0) is 15.2. The molecule has 0 aliphatic heterocycles. The molecule has 0 saturated carbocycles. The number of hydrogen-bond donors (Lipinski definition) is 1. The number of benzene rings is 2. The van der Waals surface area contributed by atoms with Gasteiger partial charge in [0, 0.05) is 12.6 Å². The van der Waals surface area contributed by atoms with Crippen LogP contribution < -0.4 is 5.32 Å². The third-order valence-corrected chi connectivity index (χ3v) is 2.92. The lowest BCUT2D eigenvalue weighted by molar-refractivity contribution is -0.114. The highest BCUT2D eigenvalue weighted by Gasteiger charge is 2.14. The van der Waals surface area contributed by atoms with E-state index in [1.54, 1.807) is 25.1 Å². The summed E-state index contributed by atoms with van der Waals surface area (Å²) in [6.45, 7) is 3.54. The summed E-state index contributed by atoms with van der Waals surface area (Å²) in [5, 5.41) is 2.72. The van der Waals surface area contributed by atoms with Crippen molar-refractivity contribution in [3.8, 4) is 11.1 Å². The molecule has 0 fully saturated rings. The van der Waals surface area contributed by atoms with Crippen molar-refractivity contribution >= 4 is 17.6 Å². The van der Waals surface area contributed by atoms with E-state index in [1.807, 2.05) is 30.3 Å². The largest absolute Gasteiger partial charge is 0.462 e. The van der Waals surface area contributed by atoms with E-state index in [0.717, 1.165) is 11.1 Å². The molecule has 2 aromatic carbocycles. The van der Waals surface area contributed by atoms with E-state index in [4.69, 9.17) is 4.74 Å². The fourth-order valence-electron chi connectivity index (χ4n) is 2.07. The highest BCUT2D eigenvalue weighted by Crippen LogP contribution is 2.27. The summed E-state index contributed by atoms with van der Waals surface area (Å²) in [6.07, 6.45) is 0. The highest BCUT2D eigenvalue weighted by atomic mass is 16.5. The van der Waals surface area contributed by atoms with Gasteiger partial charge in [0.05, 0.1) is 12.2 Å². The van der Waals surface area contributed by atoms with E-state index in [-0.39, 0.29) is 11.9 Å². The van der Waals surface area contributed by atoms with Gasteiger partial charge in [-0.25, -0.2) is 4.79 Å². The molecule has 108 valence electrons. The monoisotopic (exact) mass is 283 g/mol. The number of anilines is 1. The van der Waals surface area contributed by atoms with Gasteiger partial charge in [-0.1, -0.05) is 30.3 Å². The predicted molar refractivity (Wildman–Crippen MR) is 82.1 cm³/mol. The summed E-state index contributed by atoms with van der Waals surface area (Å²) in [6, 6.07) is 14.7. The van der Waals surface area contributed by atoms with Crippen LogP contribution in [-0.2, 0) is 9.53 Å². The van der Waals surface area contributed by atoms with Crippen molar-refractivity contribution in [3.63, 3.8) is 0 Å². The van der Waals surface area contributed by atoms with Crippen molar-refractivity contribution in [2.45, 2.75) is 13.8 Å². The standard InChI is InChI=1S/C17H17NO3/c1-3-21-17(20)15-10-9-14(18-12(2)19)11-16(15)13-7-5-4-6-8-13/h4-11H,3H2,1-2H3,(H,18,19). The summed E-state index contributed by atoms with van der Waals surface area (Å²) in [5.41, 5.74) is 2.76. The van der Waals surface area contributed by atoms with Crippen LogP contribution in [0.1, 0.15) is 24.2 Å². The summed E-state index contributed by atoms with van der Waals surface area (Å²) in [4.78, 5) is 23.2. The Morgan fingerprint density at radius 1 is 1.10 bits per heavy atom. The van der Waals surface area contributed by atoms with Gasteiger partial charge in [-0.2, -0.15) is 0 Å². The highest BCUT2D eigenvalue weighted by molar-refractivity contribution is 5.99. The molecule has 2 aromatic rings. The zero-order valence-corrected chi connectivity index (χ0v) is 12.1. The summed E-state index contributed by atoms with van der Waals surface area (Å²) < 4.78 is 5.08. The maximum Gasteiger partial charge on any atom is 0.338 e. The first kappa shape index (κ1) is 14.8. The molecule has 0 bridgehead atoms. The molecule has 0 radical (unpaired) electrons. The van der Waals surface area contributed by atoms with Gasteiger partial charge in [0.1, 0.15) is 0 Å². The number of ether oxygens (including phenoxy) is 1. The maximum absolute atomic E-state index is 12.1. The number of esters is 1. The van der Waals surface area contributed by atoms with Crippen molar-refractivity contribution in [3.05, 3.63) is 54.1 Å². The maximum atomic E-state index is 12.1. The third-order valence-electron chi connectivity index (χ3n) is 2.92. The number of rotatable bonds is 4. The lowest BCUT2D eigenvalue weighted by Crippen LogP contribution is -2.09. The van der Waals surface area contributed by atoms with E-state index in [2.05, 4.69) is 5.32 Å². The molecule has 1 amide bonds. The van der Waals surface area contributed by atoms with Gasteiger partial charge in [0.2, 0.25) is 5.91 Å². The molecule has 0 atom stereocenters. The number of carbonyl (C=O) groups excluding carboxylic acids is 2. The molecule has 0 heterocycles. The zero-order valence-electron chi connectivity index (χ0n) is 12.1. The fraction of sp³-hybridized carbons (Fsp3) is 0.176. The first-order valence-corrected chi connectivity index (χ1v) is 6.76. The molecule has 2 rings (SSSR count). The van der Waals surface area contributed by atoms with Crippen molar-refractivity contribution in [2.24, 2.45) is 0 Å². The van der Waals surface area contributed by atoms with Crippen molar-refractivity contribution < 1.29 is 14.3 Å². The molecule has 21 heavy (non-hydrogen) atoms. The van der Waals surface area contributed by atoms with Crippen LogP contribution in [-0.4, -0.2) is 18.5 Å². The van der Waals surface area contributed by atoms with Crippen LogP contribution >= 0.6 is 0 Å². The van der Waals surface area contributed by atoms with Crippen molar-refractivity contribution in [2.75, 3.05) is 11.9 Å². The van der Waals surface area contributed by atoms with Gasteiger partial charge >= 0.3 is 5.97 Å². The van der Waals surface area contributed by atoms with Gasteiger partial charge < -0.3 is 10.1 Å². The molecule has 0 unspecified atom stereocenters. The quantitative estimate of drug-likeness (QED) is 0.874. The molecule has 0 saturated heterocycles. The average molecular weight is 283 g/mol. The van der Waals surface area contributed by atoms with Crippen LogP contribution in [0.2, 0.25) is 0 Å². The summed E-state index contributed by atoms with van der Waals surface area (Å²) in [7, 11) is 0. The Kier molecular flexibility index (Phi) is 4.72. The summed E-state index contributed by atoms with van der Waals surface area (Å²) >= 11 is 0. The topological polar surface area (TPSA) is 55.4 Å². The molecule has 0 aliphatic carbocycles. The Balaban J connectivity index is 2.50. The molecule has 4 heteroatoms. The first-order chi connectivity index (χ1) is 10.1. The Hall–Kier alpha value is -2.62. The van der Waals surface area contributed by atoms with Gasteiger partial charge in [0.25, 0.3) is 0 Å². The molecule has 0 aromatic heterocycles. The smallest absolute Gasteiger partial charge is 0.338 e. The van der Waals surface area contributed by atoms with Gasteiger partial charge in [-0.3, -0.25) is 4.79 Å². The molecule has 4 nitrogen and oxygen atoms in total. The average Bonchev–Trinajstić information content (AvgIpc) is 2.47. The van der Waals surface area contributed by atoms with Crippen molar-refractivity contribution in [1.29, 1.82) is 0 Å². The third kappa shape index (κ3) is 3.69. The van der Waals surface area contributed by atoms with Crippen molar-refractivity contribution in [1.82, 2.24) is 0 Å². The molecule has 1 N–H and O–H groups in total. The lowest BCUT2D eigenvalue weighted by Gasteiger charge is -2.11. The molecule has 0 aliphatic rings. The van der Waals surface area contributed by atoms with E-state index in [9.17, 15) is 9.59 Å². The second-order valence-electron chi connectivity index (χ2n) is 4.53. The minimum Gasteiger partial charge on any atom is -0.462 e. The number of carbonyl (C=O) groups is 2. The SMILES string of the molecule is CCOC(=O)c1ccc(NC(C)=O)cc1-c1ccccc1. The van der Waals surface area contributed by atoms with E-state index < -0.39 is 0 Å². The molecular weight excluding hydrogens is 266 g/mol. The minimum absolute atomic E-state index is 0.155. The normalized spacial score (nSPS) is 10.0. The van der Waals surface area contributed by atoms with Gasteiger partial charge in [0.15, 0.2) is 0 Å². The number of nitrogens with one attached hydrogen (secondary N) is 1. The van der Waals surface area contributed by atoms with Crippen LogP contribution in [0.15, 0.2) is 48.5 Å². The second-order valence-corrected chi connectivity index (χ2v) is 4.53. The molecule has 0 spiro atoms. The van der Waals surface area contributed by atoms with Crippen LogP contribution in [0.4, 0.5) is 5.69 Å². The Labute approximate surface area is 123 Å². The van der Waals surface area contributed by atoms with E-state index >= 15 is 0 Å². The first-order valence-electron chi connectivity index (χ1n) is 6.76. The van der Waals surface area contributed by atoms with Crippen LogP contribution in [0.5, 0.6) is 0 Å². The van der Waals surface area contributed by atoms with Gasteiger partial charge in [-0.15, -0.1) is 0 Å². The lowest BCUT2D eigenvalue weighted by atomic mass is 9.99. The summed E-state index contributed by atoms with van der Waals surface area (Å²) in [5.74, 6) is -0.524. The Morgan fingerprint density at radius 3 is 2.43 bits per heavy atom. The van der Waals surface area contributed by atoms with E-state index in [0.29, 0.717) is 17.9 Å². The van der Waals surface area contributed by atoms with Gasteiger partial charge in [-0.05, 0) is 36.2 Å². The van der Waals surface area contributed by atoms with Crippen LogP contribution in [0, 0.1) is 0 Å². The number of hydrogen-bond acceptors (Lipinski definition) is 3. The van der Waals surface area contributed by atoms with E-state index in [1.165, 1.54) is 6.92 Å². The predicted octanol–water partition coefficient (Wildman–Crippen LogP) is 3.49. The molecular formula is C17H17NO3. The second kappa shape index (κ2) is 6.70.